The van der Waals surface area contributed by atoms with Gasteiger partial charge < -0.3 is 24.8 Å². The van der Waals surface area contributed by atoms with Gasteiger partial charge in [-0.15, -0.1) is 0 Å². The van der Waals surface area contributed by atoms with Crippen molar-refractivity contribution in [3.05, 3.63) is 52.6 Å². The molecule has 9 heteroatoms. The number of fused-ring (bicyclic) bond motifs is 2. The van der Waals surface area contributed by atoms with E-state index < -0.39 is 40.5 Å². The molecule has 1 aromatic rings. The molecule has 9 nitrogen and oxygen atoms in total. The molecule has 1 atom stereocenters. The number of rotatable bonds is 4. The Morgan fingerprint density at radius 3 is 2.45 bits per heavy atom. The van der Waals surface area contributed by atoms with Gasteiger partial charge in [0.25, 0.3) is 0 Å². The Bertz CT molecular complexity index is 1020. The van der Waals surface area contributed by atoms with E-state index in [1.165, 1.54) is 11.9 Å². The summed E-state index contributed by atoms with van der Waals surface area (Å²) in [6, 6.07) is 8.50. The second kappa shape index (κ2) is 7.31. The highest BCUT2D eigenvalue weighted by molar-refractivity contribution is 6.20. The first kappa shape index (κ1) is 19.9. The van der Waals surface area contributed by atoms with Crippen LogP contribution in [0.2, 0.25) is 0 Å². The Morgan fingerprint density at radius 2 is 1.83 bits per heavy atom. The molecule has 1 aromatic carbocycles. The average molecular weight is 397 g/mol. The van der Waals surface area contributed by atoms with Crippen molar-refractivity contribution in [1.82, 2.24) is 0 Å². The van der Waals surface area contributed by atoms with Crippen LogP contribution in [0.15, 0.2) is 47.1 Å². The average Bonchev–Trinajstić information content (AvgIpc) is 2.91. The van der Waals surface area contributed by atoms with Gasteiger partial charge in [0.15, 0.2) is 5.41 Å². The number of hydrogen-bond acceptors (Lipinski definition) is 8. The Kier molecular flexibility index (Phi) is 5.03. The third-order valence-corrected chi connectivity index (χ3v) is 4.78. The van der Waals surface area contributed by atoms with E-state index >= 15 is 0 Å². The van der Waals surface area contributed by atoms with Gasteiger partial charge in [0, 0.05) is 18.3 Å². The summed E-state index contributed by atoms with van der Waals surface area (Å²) >= 11 is 0. The van der Waals surface area contributed by atoms with Gasteiger partial charge in [0.2, 0.25) is 17.5 Å². The highest BCUT2D eigenvalue weighted by Crippen LogP contribution is 2.53. The Hall–Kier alpha value is -3.80. The van der Waals surface area contributed by atoms with Gasteiger partial charge in [-0.25, -0.2) is 9.59 Å². The predicted molar refractivity (Wildman–Crippen MR) is 99.7 cm³/mol. The summed E-state index contributed by atoms with van der Waals surface area (Å²) in [7, 11) is 1.50. The van der Waals surface area contributed by atoms with E-state index in [1.807, 2.05) is 6.07 Å². The lowest BCUT2D eigenvalue weighted by Gasteiger charge is -2.34. The van der Waals surface area contributed by atoms with E-state index in [0.29, 0.717) is 11.3 Å². The van der Waals surface area contributed by atoms with Crippen molar-refractivity contribution in [2.24, 2.45) is 5.73 Å². The van der Waals surface area contributed by atoms with Gasteiger partial charge in [-0.05, 0) is 19.9 Å². The fourth-order valence-electron chi connectivity index (χ4n) is 3.66. The third kappa shape index (κ3) is 2.64. The number of carbonyl (C=O) groups excluding carboxylic acids is 3. The van der Waals surface area contributed by atoms with E-state index in [2.05, 4.69) is 0 Å². The molecule has 0 fully saturated rings. The fourth-order valence-corrected chi connectivity index (χ4v) is 3.66. The standard InChI is InChI=1S/C20H19N3O6/c1-4-27-17(24)14-15(18(25)28-5-2)29-16(22)12(10-21)20(14)11-8-6-7-9-13(11)23(3)19(20)26/h6-9H,4-5,22H2,1-3H3. The first-order chi connectivity index (χ1) is 13.9. The van der Waals surface area contributed by atoms with E-state index in [0.717, 1.165) is 0 Å². The molecule has 3 rings (SSSR count). The van der Waals surface area contributed by atoms with Crippen LogP contribution in [0.4, 0.5) is 5.69 Å². The maximum absolute atomic E-state index is 13.5. The largest absolute Gasteiger partial charge is 0.462 e. The third-order valence-electron chi connectivity index (χ3n) is 4.78. The van der Waals surface area contributed by atoms with Crippen LogP contribution in [0, 0.1) is 11.3 Å². The molecule has 29 heavy (non-hydrogen) atoms. The highest BCUT2D eigenvalue weighted by Gasteiger charge is 2.62. The zero-order valence-corrected chi connectivity index (χ0v) is 16.1. The zero-order chi connectivity index (χ0) is 21.3. The first-order valence-corrected chi connectivity index (χ1v) is 8.90. The van der Waals surface area contributed by atoms with E-state index in [-0.39, 0.29) is 18.8 Å². The van der Waals surface area contributed by atoms with Crippen molar-refractivity contribution in [2.45, 2.75) is 19.3 Å². The molecule has 2 aliphatic heterocycles. The van der Waals surface area contributed by atoms with Crippen molar-refractivity contribution in [3.63, 3.8) is 0 Å². The molecule has 150 valence electrons. The van der Waals surface area contributed by atoms with Crippen LogP contribution in [0.3, 0.4) is 0 Å². The van der Waals surface area contributed by atoms with E-state index in [9.17, 15) is 19.6 Å². The number of likely N-dealkylation sites (N-methyl/N-ethyl adjacent to an activating group) is 1. The lowest BCUT2D eigenvalue weighted by Crippen LogP contribution is -2.48. The number of nitriles is 1. The number of benzene rings is 1. The molecular formula is C20H19N3O6. The summed E-state index contributed by atoms with van der Waals surface area (Å²) < 4.78 is 15.5. The van der Waals surface area contributed by atoms with Gasteiger partial charge in [0.05, 0.1) is 13.2 Å². The lowest BCUT2D eigenvalue weighted by molar-refractivity contribution is -0.146. The molecule has 2 aliphatic rings. The van der Waals surface area contributed by atoms with Crippen molar-refractivity contribution in [2.75, 3.05) is 25.2 Å². The van der Waals surface area contributed by atoms with Crippen molar-refractivity contribution in [1.29, 1.82) is 5.26 Å². The Morgan fingerprint density at radius 1 is 1.21 bits per heavy atom. The summed E-state index contributed by atoms with van der Waals surface area (Å²) in [6.45, 7) is 3.12. The number of ether oxygens (including phenoxy) is 3. The summed E-state index contributed by atoms with van der Waals surface area (Å²) in [5, 5.41) is 9.84. The topological polar surface area (TPSA) is 132 Å². The number of carbonyl (C=O) groups is 3. The molecule has 1 spiro atoms. The highest BCUT2D eigenvalue weighted by atomic mass is 16.6. The number of para-hydroxylation sites is 1. The smallest absolute Gasteiger partial charge is 0.374 e. The van der Waals surface area contributed by atoms with Crippen molar-refractivity contribution in [3.8, 4) is 6.07 Å². The normalized spacial score (nSPS) is 20.3. The fraction of sp³-hybridized carbons (Fsp3) is 0.300. The second-order valence-corrected chi connectivity index (χ2v) is 6.23. The predicted octanol–water partition coefficient (Wildman–Crippen LogP) is 1.01. The number of hydrogen-bond donors (Lipinski definition) is 1. The SMILES string of the molecule is CCOC(=O)C1=C(C(=O)OCC)C2(C(=O)N(C)c3ccccc32)C(C#N)=C(N)O1. The minimum absolute atomic E-state index is 0.00599. The van der Waals surface area contributed by atoms with Gasteiger partial charge in [-0.1, -0.05) is 18.2 Å². The molecule has 0 saturated carbocycles. The summed E-state index contributed by atoms with van der Waals surface area (Å²) in [5.74, 6) is -3.63. The quantitative estimate of drug-likeness (QED) is 0.745. The first-order valence-electron chi connectivity index (χ1n) is 8.90. The minimum Gasteiger partial charge on any atom is -0.462 e. The summed E-state index contributed by atoms with van der Waals surface area (Å²) in [5.41, 5.74) is 4.03. The molecule has 2 heterocycles. The van der Waals surface area contributed by atoms with Crippen LogP contribution in [0.1, 0.15) is 19.4 Å². The van der Waals surface area contributed by atoms with Crippen LogP contribution in [-0.2, 0) is 34.0 Å². The molecule has 1 amide bonds. The molecule has 1 unspecified atom stereocenters. The van der Waals surface area contributed by atoms with Gasteiger partial charge in [-0.3, -0.25) is 4.79 Å². The number of esters is 2. The van der Waals surface area contributed by atoms with Crippen LogP contribution in [0.5, 0.6) is 0 Å². The van der Waals surface area contributed by atoms with Crippen molar-refractivity contribution >= 4 is 23.5 Å². The maximum atomic E-state index is 13.5. The Balaban J connectivity index is 2.46. The number of nitrogens with zero attached hydrogens (tertiary/aromatic N) is 2. The van der Waals surface area contributed by atoms with E-state index in [4.69, 9.17) is 19.9 Å². The van der Waals surface area contributed by atoms with Crippen LogP contribution in [-0.4, -0.2) is 38.1 Å². The Labute approximate surface area is 166 Å². The second-order valence-electron chi connectivity index (χ2n) is 6.23. The maximum Gasteiger partial charge on any atom is 0.374 e. The van der Waals surface area contributed by atoms with Crippen LogP contribution < -0.4 is 10.6 Å². The minimum atomic E-state index is -1.98. The van der Waals surface area contributed by atoms with Crippen molar-refractivity contribution < 1.29 is 28.6 Å². The van der Waals surface area contributed by atoms with Gasteiger partial charge in [-0.2, -0.15) is 5.26 Å². The monoisotopic (exact) mass is 397 g/mol. The molecule has 0 aromatic heterocycles. The molecular weight excluding hydrogens is 378 g/mol. The number of amides is 1. The van der Waals surface area contributed by atoms with Crippen LogP contribution >= 0.6 is 0 Å². The summed E-state index contributed by atoms with van der Waals surface area (Å²) in [4.78, 5) is 40.4. The van der Waals surface area contributed by atoms with Gasteiger partial charge >= 0.3 is 11.9 Å². The molecule has 0 bridgehead atoms. The van der Waals surface area contributed by atoms with Crippen LogP contribution in [0.25, 0.3) is 0 Å². The summed E-state index contributed by atoms with van der Waals surface area (Å²) in [6.07, 6.45) is 0. The molecule has 0 saturated heterocycles. The number of anilines is 1. The molecule has 2 N–H and O–H groups in total. The molecule has 0 aliphatic carbocycles. The van der Waals surface area contributed by atoms with E-state index in [1.54, 1.807) is 38.1 Å². The number of nitrogens with two attached hydrogens (primary N) is 1. The lowest BCUT2D eigenvalue weighted by atomic mass is 9.68. The zero-order valence-electron chi connectivity index (χ0n) is 16.1. The molecule has 0 radical (unpaired) electrons. The van der Waals surface area contributed by atoms with Gasteiger partial charge in [0.1, 0.15) is 17.2 Å².